The third-order valence-corrected chi connectivity index (χ3v) is 0.632. The maximum Gasteiger partial charge on any atom is 0.116 e. The van der Waals surface area contributed by atoms with E-state index in [0.717, 1.165) is 12.0 Å². The molecule has 4 heteroatoms. The number of hydrogen-bond acceptors (Lipinski definition) is 4. The molecule has 0 aromatic heterocycles. The lowest BCUT2D eigenvalue weighted by molar-refractivity contribution is 0.370. The minimum atomic E-state index is -0.0382. The summed E-state index contributed by atoms with van der Waals surface area (Å²) in [6.07, 6.45) is 0. The van der Waals surface area contributed by atoms with E-state index in [1.165, 1.54) is 0 Å². The summed E-state index contributed by atoms with van der Waals surface area (Å²) in [5, 5.41) is 7.86. The summed E-state index contributed by atoms with van der Waals surface area (Å²) >= 11 is 4.19. The Kier molecular flexibility index (Phi) is 5.19. The van der Waals surface area contributed by atoms with Gasteiger partial charge < -0.3 is 5.11 Å². The topological polar surface area (TPSA) is 29.5 Å². The number of aliphatic hydroxyl groups is 1. The summed E-state index contributed by atoms with van der Waals surface area (Å²) in [7, 11) is 0. The SMILES string of the molecule is OCSOS. The minimum Gasteiger partial charge on any atom is -0.383 e. The van der Waals surface area contributed by atoms with E-state index in [9.17, 15) is 0 Å². The Bertz CT molecular complexity index is 15.1. The summed E-state index contributed by atoms with van der Waals surface area (Å²) < 4.78 is 4.05. The minimum absolute atomic E-state index is 0.0382. The van der Waals surface area contributed by atoms with Crippen LogP contribution in [-0.4, -0.2) is 11.0 Å². The van der Waals surface area contributed by atoms with E-state index in [1.807, 2.05) is 0 Å². The molecule has 5 heavy (non-hydrogen) atoms. The van der Waals surface area contributed by atoms with E-state index >= 15 is 0 Å². The van der Waals surface area contributed by atoms with E-state index in [-0.39, 0.29) is 5.94 Å². The molecule has 0 rings (SSSR count). The number of rotatable bonds is 2. The molecular formula is CH4O2S2. The molecule has 32 valence electrons. The standard InChI is InChI=1S/CH4O2S2/c2-1-5-3-4/h2,4H,1H2. The molecule has 0 saturated carbocycles. The molecule has 0 aliphatic carbocycles. The second-order valence-electron chi connectivity index (χ2n) is 0.321. The average Bonchev–Trinajstić information content (AvgIpc) is 1.41. The Labute approximate surface area is 40.3 Å². The predicted molar refractivity (Wildman–Crippen MR) is 24.7 cm³/mol. The number of aliphatic hydroxyl groups excluding tert-OH is 1. The first-order valence-electron chi connectivity index (χ1n) is 0.954. The summed E-state index contributed by atoms with van der Waals surface area (Å²) in [6, 6.07) is 0. The van der Waals surface area contributed by atoms with Gasteiger partial charge in [-0.3, -0.25) is 0 Å². The zero-order valence-corrected chi connectivity index (χ0v) is 4.13. The van der Waals surface area contributed by atoms with Gasteiger partial charge in [-0.2, -0.15) is 0 Å². The van der Waals surface area contributed by atoms with Crippen molar-refractivity contribution in [2.45, 2.75) is 0 Å². The normalized spacial score (nSPS) is 8.40. The van der Waals surface area contributed by atoms with Crippen molar-refractivity contribution in [2.24, 2.45) is 0 Å². The van der Waals surface area contributed by atoms with Gasteiger partial charge in [0.05, 0.1) is 0 Å². The summed E-state index contributed by atoms with van der Waals surface area (Å²) in [6.45, 7) is 0. The highest BCUT2D eigenvalue weighted by molar-refractivity contribution is 8.01. The van der Waals surface area contributed by atoms with Gasteiger partial charge in [-0.15, -0.1) is 0 Å². The van der Waals surface area contributed by atoms with Crippen LogP contribution >= 0.6 is 25.0 Å². The fraction of sp³-hybridized carbons (Fsp3) is 1.00. The van der Waals surface area contributed by atoms with E-state index in [4.69, 9.17) is 5.11 Å². The van der Waals surface area contributed by atoms with Crippen molar-refractivity contribution < 1.29 is 8.74 Å². The molecule has 0 unspecified atom stereocenters. The van der Waals surface area contributed by atoms with Crippen LogP contribution in [0, 0.1) is 0 Å². The molecule has 1 N–H and O–H groups in total. The molecule has 0 aliphatic rings. The van der Waals surface area contributed by atoms with Crippen molar-refractivity contribution in [3.8, 4) is 0 Å². The molecule has 0 heterocycles. The van der Waals surface area contributed by atoms with E-state index in [1.54, 1.807) is 0 Å². The van der Waals surface area contributed by atoms with Crippen LogP contribution in [0.3, 0.4) is 0 Å². The van der Waals surface area contributed by atoms with Crippen LogP contribution < -0.4 is 0 Å². The predicted octanol–water partition coefficient (Wildman–Crippen LogP) is 0.446. The van der Waals surface area contributed by atoms with Crippen LogP contribution in [-0.2, 0) is 3.63 Å². The molecule has 0 spiro atoms. The van der Waals surface area contributed by atoms with Gasteiger partial charge in [-0.1, -0.05) is 0 Å². The number of hydrogen-bond donors (Lipinski definition) is 2. The summed E-state index contributed by atoms with van der Waals surface area (Å²) in [5.41, 5.74) is 0. The number of thiol groups is 1. The van der Waals surface area contributed by atoms with Gasteiger partial charge in [0.15, 0.2) is 0 Å². The fourth-order valence-corrected chi connectivity index (χ4v) is 0.212. The lowest BCUT2D eigenvalue weighted by Crippen LogP contribution is -1.65. The van der Waals surface area contributed by atoms with Gasteiger partial charge in [0.25, 0.3) is 0 Å². The molecule has 0 aliphatic heterocycles. The molecule has 0 saturated heterocycles. The van der Waals surface area contributed by atoms with Crippen LogP contribution in [0.1, 0.15) is 0 Å². The van der Waals surface area contributed by atoms with Crippen LogP contribution in [0.4, 0.5) is 0 Å². The van der Waals surface area contributed by atoms with E-state index < -0.39 is 0 Å². The van der Waals surface area contributed by atoms with Crippen molar-refractivity contribution in [3.05, 3.63) is 0 Å². The third kappa shape index (κ3) is 4.62. The first-order chi connectivity index (χ1) is 2.41. The highest BCUT2D eigenvalue weighted by Gasteiger charge is 1.69. The first-order valence-corrected chi connectivity index (χ1v) is 2.23. The molecule has 0 amide bonds. The average molecular weight is 112 g/mol. The molecule has 0 aromatic carbocycles. The molecule has 2 nitrogen and oxygen atoms in total. The van der Waals surface area contributed by atoms with Crippen LogP contribution in [0.5, 0.6) is 0 Å². The quantitative estimate of drug-likeness (QED) is 0.309. The van der Waals surface area contributed by atoms with Gasteiger partial charge in [0.1, 0.15) is 5.94 Å². The van der Waals surface area contributed by atoms with Crippen molar-refractivity contribution in [3.63, 3.8) is 0 Å². The molecular weight excluding hydrogens is 108 g/mol. The van der Waals surface area contributed by atoms with Gasteiger partial charge in [0.2, 0.25) is 0 Å². The van der Waals surface area contributed by atoms with Crippen molar-refractivity contribution in [1.82, 2.24) is 0 Å². The maximum absolute atomic E-state index is 7.86. The lowest BCUT2D eigenvalue weighted by Gasteiger charge is -1.80. The van der Waals surface area contributed by atoms with Crippen LogP contribution in [0.25, 0.3) is 0 Å². The Morgan fingerprint density at radius 2 is 2.60 bits per heavy atom. The van der Waals surface area contributed by atoms with Gasteiger partial charge in [-0.25, -0.2) is 3.63 Å². The van der Waals surface area contributed by atoms with E-state index in [0.29, 0.717) is 0 Å². The zero-order valence-electron chi connectivity index (χ0n) is 2.42. The highest BCUT2D eigenvalue weighted by atomic mass is 32.2. The van der Waals surface area contributed by atoms with Gasteiger partial charge in [0, 0.05) is 12.0 Å². The highest BCUT2D eigenvalue weighted by Crippen LogP contribution is 1.99. The third-order valence-electron chi connectivity index (χ3n) is 0.105. The Balaban J connectivity index is 2.19. The smallest absolute Gasteiger partial charge is 0.116 e. The molecule has 0 aromatic rings. The molecule has 0 atom stereocenters. The van der Waals surface area contributed by atoms with Crippen molar-refractivity contribution in [2.75, 3.05) is 5.94 Å². The molecule has 0 radical (unpaired) electrons. The zero-order chi connectivity index (χ0) is 4.12. The second kappa shape index (κ2) is 4.62. The van der Waals surface area contributed by atoms with Crippen molar-refractivity contribution in [1.29, 1.82) is 0 Å². The lowest BCUT2D eigenvalue weighted by atomic mass is 11.7. The van der Waals surface area contributed by atoms with Crippen LogP contribution in [0.2, 0.25) is 0 Å². The Morgan fingerprint density at radius 1 is 2.00 bits per heavy atom. The molecule has 0 bridgehead atoms. The summed E-state index contributed by atoms with van der Waals surface area (Å²) in [5.74, 6) is -0.0382. The Morgan fingerprint density at radius 3 is 2.60 bits per heavy atom. The monoisotopic (exact) mass is 112 g/mol. The fourth-order valence-electron chi connectivity index (χ4n) is 0.0236. The largest absolute Gasteiger partial charge is 0.383 e. The first kappa shape index (κ1) is 5.62. The van der Waals surface area contributed by atoms with Gasteiger partial charge >= 0.3 is 0 Å². The van der Waals surface area contributed by atoms with Crippen molar-refractivity contribution >= 4 is 25.0 Å². The Hall–Kier alpha value is 0.620. The summed E-state index contributed by atoms with van der Waals surface area (Å²) in [4.78, 5) is 0. The van der Waals surface area contributed by atoms with Gasteiger partial charge in [-0.05, 0) is 12.9 Å². The molecule has 0 fully saturated rings. The van der Waals surface area contributed by atoms with E-state index in [2.05, 4.69) is 16.5 Å². The van der Waals surface area contributed by atoms with Crippen LogP contribution in [0.15, 0.2) is 0 Å². The second-order valence-corrected chi connectivity index (χ2v) is 1.41. The maximum atomic E-state index is 7.86.